The Bertz CT molecular complexity index is 877. The van der Waals surface area contributed by atoms with E-state index in [0.717, 1.165) is 17.2 Å². The molecule has 0 aliphatic rings. The summed E-state index contributed by atoms with van der Waals surface area (Å²) in [7, 11) is 0. The lowest BCUT2D eigenvalue weighted by Gasteiger charge is -2.06. The maximum atomic E-state index is 12.0. The summed E-state index contributed by atoms with van der Waals surface area (Å²) in [6.45, 7) is 1.91. The van der Waals surface area contributed by atoms with E-state index in [4.69, 9.17) is 9.15 Å². The van der Waals surface area contributed by atoms with Gasteiger partial charge >= 0.3 is 11.6 Å². The minimum Gasteiger partial charge on any atom is -0.426 e. The van der Waals surface area contributed by atoms with Crippen LogP contribution in [0.15, 0.2) is 51.7 Å². The van der Waals surface area contributed by atoms with E-state index in [1.165, 1.54) is 0 Å². The first kappa shape index (κ1) is 13.4. The third kappa shape index (κ3) is 2.52. The van der Waals surface area contributed by atoms with Crippen molar-refractivity contribution in [2.75, 3.05) is 0 Å². The molecule has 0 bridgehead atoms. The minimum atomic E-state index is -0.393. The van der Waals surface area contributed by atoms with Gasteiger partial charge in [-0.15, -0.1) is 0 Å². The third-order valence-electron chi connectivity index (χ3n) is 3.28. The Hall–Kier alpha value is -2.62. The highest BCUT2D eigenvalue weighted by Crippen LogP contribution is 2.26. The molecule has 3 rings (SSSR count). The number of rotatable bonds is 3. The number of ether oxygens (including phenoxy) is 1. The molecule has 0 saturated carbocycles. The second-order valence-electron chi connectivity index (χ2n) is 4.82. The Morgan fingerprint density at radius 3 is 2.62 bits per heavy atom. The van der Waals surface area contributed by atoms with Crippen LogP contribution < -0.4 is 10.4 Å². The molecule has 0 fully saturated rings. The predicted molar refractivity (Wildman–Crippen MR) is 80.5 cm³/mol. The number of hydrogen-bond donors (Lipinski definition) is 0. The molecule has 3 aromatic rings. The number of hydrogen-bond acceptors (Lipinski definition) is 4. The van der Waals surface area contributed by atoms with Gasteiger partial charge in [-0.05, 0) is 30.0 Å². The average molecular weight is 282 g/mol. The summed E-state index contributed by atoms with van der Waals surface area (Å²) >= 11 is 0. The van der Waals surface area contributed by atoms with E-state index in [-0.39, 0.29) is 5.97 Å². The molecule has 2 aromatic carbocycles. The van der Waals surface area contributed by atoms with E-state index in [1.807, 2.05) is 19.1 Å². The minimum absolute atomic E-state index is 0.292. The Kier molecular flexibility index (Phi) is 3.44. The molecular weight excluding hydrogens is 268 g/mol. The van der Waals surface area contributed by atoms with Crippen molar-refractivity contribution in [2.45, 2.75) is 19.8 Å². The van der Waals surface area contributed by atoms with E-state index in [2.05, 4.69) is 0 Å². The van der Waals surface area contributed by atoms with Gasteiger partial charge in [-0.2, -0.15) is 0 Å². The van der Waals surface area contributed by atoms with Crippen LogP contribution in [0.3, 0.4) is 0 Å². The van der Waals surface area contributed by atoms with Crippen LogP contribution in [0.4, 0.5) is 0 Å². The zero-order valence-electron chi connectivity index (χ0n) is 11.6. The summed E-state index contributed by atoms with van der Waals surface area (Å²) < 4.78 is 10.5. The van der Waals surface area contributed by atoms with E-state index in [9.17, 15) is 9.59 Å². The van der Waals surface area contributed by atoms with Crippen LogP contribution in [0.5, 0.6) is 5.75 Å². The quantitative estimate of drug-likeness (QED) is 0.318. The second-order valence-corrected chi connectivity index (χ2v) is 4.82. The van der Waals surface area contributed by atoms with E-state index < -0.39 is 5.63 Å². The van der Waals surface area contributed by atoms with Crippen LogP contribution in [-0.2, 0) is 4.79 Å². The van der Waals surface area contributed by atoms with E-state index >= 15 is 0 Å². The summed E-state index contributed by atoms with van der Waals surface area (Å²) in [6, 6.07) is 12.4. The monoisotopic (exact) mass is 282 g/mol. The molecule has 4 nitrogen and oxygen atoms in total. The zero-order chi connectivity index (χ0) is 14.8. The zero-order valence-corrected chi connectivity index (χ0v) is 11.6. The Balaban J connectivity index is 2.12. The molecule has 0 unspecified atom stereocenters. The van der Waals surface area contributed by atoms with Crippen LogP contribution in [0.2, 0.25) is 0 Å². The average Bonchev–Trinajstić information content (AvgIpc) is 2.47. The Labute approximate surface area is 120 Å². The third-order valence-corrected chi connectivity index (χ3v) is 3.28. The van der Waals surface area contributed by atoms with Gasteiger partial charge in [0.05, 0.1) is 5.39 Å². The van der Waals surface area contributed by atoms with Gasteiger partial charge in [0.2, 0.25) is 0 Å². The summed E-state index contributed by atoms with van der Waals surface area (Å²) in [5, 5.41) is 2.19. The van der Waals surface area contributed by atoms with Gasteiger partial charge in [-0.25, -0.2) is 4.79 Å². The van der Waals surface area contributed by atoms with Crippen molar-refractivity contribution in [3.05, 3.63) is 52.9 Å². The lowest BCUT2D eigenvalue weighted by Crippen LogP contribution is -2.07. The van der Waals surface area contributed by atoms with Gasteiger partial charge < -0.3 is 9.15 Å². The van der Waals surface area contributed by atoms with Gasteiger partial charge in [0.1, 0.15) is 11.3 Å². The van der Waals surface area contributed by atoms with E-state index in [0.29, 0.717) is 23.1 Å². The molecule has 21 heavy (non-hydrogen) atoms. The normalized spacial score (nSPS) is 10.9. The number of carbonyl (C=O) groups is 1. The van der Waals surface area contributed by atoms with Crippen LogP contribution in [0.25, 0.3) is 21.7 Å². The van der Waals surface area contributed by atoms with Crippen LogP contribution in [0, 0.1) is 0 Å². The highest BCUT2D eigenvalue weighted by molar-refractivity contribution is 6.04. The van der Waals surface area contributed by atoms with Crippen molar-refractivity contribution in [2.24, 2.45) is 0 Å². The van der Waals surface area contributed by atoms with Crippen molar-refractivity contribution in [3.63, 3.8) is 0 Å². The van der Waals surface area contributed by atoms with E-state index in [1.54, 1.807) is 30.3 Å². The molecule has 0 aliphatic carbocycles. The molecule has 0 atom stereocenters. The summed E-state index contributed by atoms with van der Waals surface area (Å²) in [5.74, 6) is 0.0966. The van der Waals surface area contributed by atoms with Gasteiger partial charge in [0.25, 0.3) is 0 Å². The molecule has 0 amide bonds. The van der Waals surface area contributed by atoms with Crippen LogP contribution in [0.1, 0.15) is 19.8 Å². The molecule has 1 aromatic heterocycles. The van der Waals surface area contributed by atoms with Crippen molar-refractivity contribution in [1.29, 1.82) is 0 Å². The Morgan fingerprint density at radius 2 is 1.86 bits per heavy atom. The first-order valence-corrected chi connectivity index (χ1v) is 6.85. The fourth-order valence-corrected chi connectivity index (χ4v) is 2.31. The summed E-state index contributed by atoms with van der Waals surface area (Å²) in [5.41, 5.74) is 0.0237. The largest absolute Gasteiger partial charge is 0.426 e. The van der Waals surface area contributed by atoms with Crippen molar-refractivity contribution >= 4 is 27.7 Å². The van der Waals surface area contributed by atoms with Crippen molar-refractivity contribution < 1.29 is 13.9 Å². The lowest BCUT2D eigenvalue weighted by molar-refractivity contribution is -0.134. The Morgan fingerprint density at radius 1 is 1.10 bits per heavy atom. The number of fused-ring (bicyclic) bond motifs is 3. The SMILES string of the molecule is CCCC(=O)Oc1ccc2c(c1)oc(=O)c1ccccc12. The highest BCUT2D eigenvalue weighted by Gasteiger charge is 2.09. The first-order valence-electron chi connectivity index (χ1n) is 6.85. The smallest absolute Gasteiger partial charge is 0.344 e. The molecule has 106 valence electrons. The maximum Gasteiger partial charge on any atom is 0.344 e. The van der Waals surface area contributed by atoms with Gasteiger partial charge in [-0.1, -0.05) is 25.1 Å². The fraction of sp³-hybridized carbons (Fsp3) is 0.176. The summed E-state index contributed by atoms with van der Waals surface area (Å²) in [6.07, 6.45) is 1.09. The molecular formula is C17H14O4. The molecule has 0 spiro atoms. The molecule has 4 heteroatoms. The molecule has 1 heterocycles. The maximum absolute atomic E-state index is 12.0. The number of esters is 1. The predicted octanol–water partition coefficient (Wildman–Crippen LogP) is 3.65. The molecule has 0 radical (unpaired) electrons. The highest BCUT2D eigenvalue weighted by atomic mass is 16.5. The van der Waals surface area contributed by atoms with Gasteiger partial charge in [0.15, 0.2) is 0 Å². The summed E-state index contributed by atoms with van der Waals surface area (Å²) in [4.78, 5) is 23.5. The standard InChI is InChI=1S/C17H14O4/c1-2-5-16(18)20-11-8-9-13-12-6-3-4-7-14(12)17(19)21-15(13)10-11/h3-4,6-10H,2,5H2,1H3. The van der Waals surface area contributed by atoms with Crippen molar-refractivity contribution in [1.82, 2.24) is 0 Å². The number of carbonyl (C=O) groups excluding carboxylic acids is 1. The van der Waals surface area contributed by atoms with Gasteiger partial charge in [0, 0.05) is 17.9 Å². The van der Waals surface area contributed by atoms with Crippen molar-refractivity contribution in [3.8, 4) is 5.75 Å². The topological polar surface area (TPSA) is 56.5 Å². The van der Waals surface area contributed by atoms with Crippen LogP contribution >= 0.6 is 0 Å². The lowest BCUT2D eigenvalue weighted by atomic mass is 10.1. The molecule has 0 aliphatic heterocycles. The second kappa shape index (κ2) is 5.40. The van der Waals surface area contributed by atoms with Gasteiger partial charge in [-0.3, -0.25) is 4.79 Å². The van der Waals surface area contributed by atoms with Crippen LogP contribution in [-0.4, -0.2) is 5.97 Å². The molecule has 0 saturated heterocycles. The molecule has 0 N–H and O–H groups in total. The first-order chi connectivity index (χ1) is 10.2. The number of benzene rings is 2. The fourth-order valence-electron chi connectivity index (χ4n) is 2.31.